The molecule has 38 heavy (non-hydrogen) atoms. The molecular weight excluding hydrogens is 495 g/mol. The SMILES string of the molecule is Cc1cc(C)c(NC(=O)NC2CC2c2ccc(C(=N)N=C[NH2+]c3ccc(OC(F)(F)F)cc3)cc2)c(C)c1. The summed E-state index contributed by atoms with van der Waals surface area (Å²) in [6.45, 7) is 5.98. The highest BCUT2D eigenvalue weighted by molar-refractivity contribution is 6.00. The van der Waals surface area contributed by atoms with Crippen LogP contribution in [0.3, 0.4) is 0 Å². The Kier molecular flexibility index (Phi) is 7.82. The largest absolute Gasteiger partial charge is 0.573 e. The molecule has 2 unspecified atom stereocenters. The Morgan fingerprint density at radius 3 is 2.29 bits per heavy atom. The molecule has 0 bridgehead atoms. The fourth-order valence-electron chi connectivity index (χ4n) is 4.36. The van der Waals surface area contributed by atoms with E-state index >= 15 is 0 Å². The van der Waals surface area contributed by atoms with Crippen molar-refractivity contribution in [3.63, 3.8) is 0 Å². The predicted octanol–water partition coefficient (Wildman–Crippen LogP) is 5.44. The average molecular weight is 525 g/mol. The summed E-state index contributed by atoms with van der Waals surface area (Å²) in [5, 5.41) is 15.8. The van der Waals surface area contributed by atoms with Gasteiger partial charge in [0.1, 0.15) is 11.4 Å². The lowest BCUT2D eigenvalue weighted by atomic mass is 10.1. The third kappa shape index (κ3) is 7.19. The number of amidine groups is 1. The van der Waals surface area contributed by atoms with Crippen molar-refractivity contribution in [3.8, 4) is 5.75 Å². The normalized spacial score (nSPS) is 16.8. The fraction of sp³-hybridized carbons (Fsp3) is 0.250. The Bertz CT molecular complexity index is 1330. The van der Waals surface area contributed by atoms with Crippen molar-refractivity contribution >= 4 is 29.6 Å². The Labute approximate surface area is 218 Å². The number of carbonyl (C=O) groups excluding carboxylic acids is 1. The van der Waals surface area contributed by atoms with Crippen LogP contribution in [0.5, 0.6) is 5.75 Å². The minimum atomic E-state index is -4.73. The number of aryl methyl sites for hydroxylation is 3. The van der Waals surface area contributed by atoms with E-state index in [-0.39, 0.29) is 29.6 Å². The molecule has 1 saturated carbocycles. The van der Waals surface area contributed by atoms with Gasteiger partial charge in [0.05, 0.1) is 0 Å². The summed E-state index contributed by atoms with van der Waals surface area (Å²) in [7, 11) is 0. The van der Waals surface area contributed by atoms with E-state index < -0.39 is 6.36 Å². The van der Waals surface area contributed by atoms with Crippen molar-refractivity contribution in [2.45, 2.75) is 45.5 Å². The van der Waals surface area contributed by atoms with Gasteiger partial charge in [0.25, 0.3) is 0 Å². The molecule has 1 aliphatic carbocycles. The van der Waals surface area contributed by atoms with Crippen LogP contribution in [-0.4, -0.2) is 30.6 Å². The number of carbonyl (C=O) groups is 1. The molecule has 0 saturated heterocycles. The van der Waals surface area contributed by atoms with Gasteiger partial charge in [-0.15, -0.1) is 13.2 Å². The highest BCUT2D eigenvalue weighted by atomic mass is 19.4. The first-order valence-corrected chi connectivity index (χ1v) is 12.1. The molecule has 10 heteroatoms. The number of nitrogens with one attached hydrogen (secondary N) is 3. The van der Waals surface area contributed by atoms with Crippen LogP contribution in [0.2, 0.25) is 0 Å². The Balaban J connectivity index is 1.25. The van der Waals surface area contributed by atoms with Crippen LogP contribution in [0.15, 0.2) is 65.7 Å². The average Bonchev–Trinajstić information content (AvgIpc) is 3.60. The summed E-state index contributed by atoms with van der Waals surface area (Å²) in [6, 6.07) is 16.8. The van der Waals surface area contributed by atoms with Crippen LogP contribution in [0, 0.1) is 26.2 Å². The monoisotopic (exact) mass is 524 g/mol. The molecule has 0 radical (unpaired) electrons. The van der Waals surface area contributed by atoms with Gasteiger partial charge in [-0.25, -0.2) is 4.79 Å². The van der Waals surface area contributed by atoms with Gasteiger partial charge in [0, 0.05) is 35.3 Å². The zero-order chi connectivity index (χ0) is 27.4. The smallest absolute Gasteiger partial charge is 0.406 e. The van der Waals surface area contributed by atoms with Crippen molar-refractivity contribution in [3.05, 3.63) is 88.5 Å². The minimum absolute atomic E-state index is 0.0481. The molecule has 3 aromatic rings. The molecule has 0 aliphatic heterocycles. The molecule has 1 aliphatic rings. The summed E-state index contributed by atoms with van der Waals surface area (Å²) in [4.78, 5) is 16.6. The van der Waals surface area contributed by atoms with Crippen LogP contribution in [0.4, 0.5) is 29.3 Å². The number of halogens is 3. The number of nitrogens with zero attached hydrogens (tertiary/aromatic N) is 1. The number of nitrogens with two attached hydrogens (primary N) is 1. The summed E-state index contributed by atoms with van der Waals surface area (Å²) < 4.78 is 40.6. The topological polar surface area (TPSA) is 103 Å². The summed E-state index contributed by atoms with van der Waals surface area (Å²) in [6.07, 6.45) is -2.47. The van der Waals surface area contributed by atoms with Crippen molar-refractivity contribution in [1.29, 1.82) is 5.41 Å². The van der Waals surface area contributed by atoms with Crippen LogP contribution >= 0.6 is 0 Å². The minimum Gasteiger partial charge on any atom is -0.406 e. The maximum absolute atomic E-state index is 12.5. The standard InChI is InChI=1S/C28H28F3N5O2/c1-16-12-17(2)25(18(3)13-16)36-27(37)35-24-14-23(24)19-4-6-20(7-5-19)26(32)34-15-33-21-8-10-22(11-9-21)38-28(29,30)31/h4-13,15,23-24H,14H2,1-3H3,(H2,32,33,34)(H2,35,36,37)/p+1. The molecule has 0 spiro atoms. The molecule has 0 heterocycles. The Hall–Kier alpha value is -4.18. The number of alkyl halides is 3. The van der Waals surface area contributed by atoms with Gasteiger partial charge >= 0.3 is 12.4 Å². The quantitative estimate of drug-likeness (QED) is 0.188. The molecule has 2 amide bonds. The first kappa shape index (κ1) is 26.9. The number of hydrogen-bond donors (Lipinski definition) is 4. The highest BCUT2D eigenvalue weighted by Gasteiger charge is 2.39. The number of rotatable bonds is 7. The van der Waals surface area contributed by atoms with Crippen LogP contribution < -0.4 is 20.7 Å². The number of quaternary nitrogens is 1. The number of aliphatic imine (C=N–C) groups is 1. The van der Waals surface area contributed by atoms with E-state index in [4.69, 9.17) is 5.41 Å². The van der Waals surface area contributed by atoms with Gasteiger partial charge < -0.3 is 15.4 Å². The fourth-order valence-corrected chi connectivity index (χ4v) is 4.36. The molecule has 4 rings (SSSR count). The van der Waals surface area contributed by atoms with Crippen LogP contribution in [0.1, 0.15) is 40.2 Å². The molecule has 5 N–H and O–H groups in total. The van der Waals surface area contributed by atoms with Crippen molar-refractivity contribution in [2.75, 3.05) is 5.32 Å². The zero-order valence-electron chi connectivity index (χ0n) is 21.2. The number of benzene rings is 3. The lowest BCUT2D eigenvalue weighted by molar-refractivity contribution is -0.432. The van der Waals surface area contributed by atoms with Gasteiger partial charge in [-0.05, 0) is 56.0 Å². The van der Waals surface area contributed by atoms with Gasteiger partial charge in [-0.3, -0.25) is 10.7 Å². The van der Waals surface area contributed by atoms with E-state index in [2.05, 4.69) is 20.4 Å². The maximum atomic E-state index is 12.5. The lowest BCUT2D eigenvalue weighted by Gasteiger charge is -2.13. The summed E-state index contributed by atoms with van der Waals surface area (Å²) >= 11 is 0. The van der Waals surface area contributed by atoms with E-state index in [1.807, 2.05) is 57.2 Å². The molecule has 2 atom stereocenters. The molecular formula is C28H29F3N5O2+. The second kappa shape index (κ2) is 11.1. The first-order valence-electron chi connectivity index (χ1n) is 12.1. The number of hydrogen-bond acceptors (Lipinski definition) is 3. The first-order chi connectivity index (χ1) is 18.0. The summed E-state index contributed by atoms with van der Waals surface area (Å²) in [5.41, 5.74) is 6.36. The number of urea groups is 1. The van der Waals surface area contributed by atoms with Crippen molar-refractivity contribution in [2.24, 2.45) is 4.99 Å². The summed E-state index contributed by atoms with van der Waals surface area (Å²) in [5.74, 6) is -0.0338. The third-order valence-electron chi connectivity index (χ3n) is 6.22. The molecule has 198 valence electrons. The van der Waals surface area contributed by atoms with E-state index in [0.717, 1.165) is 34.4 Å². The highest BCUT2D eigenvalue weighted by Crippen LogP contribution is 2.41. The molecule has 3 aromatic carbocycles. The zero-order valence-corrected chi connectivity index (χ0v) is 21.2. The molecule has 1 fully saturated rings. The number of amides is 2. The van der Waals surface area contributed by atoms with E-state index in [9.17, 15) is 18.0 Å². The van der Waals surface area contributed by atoms with Gasteiger partial charge in [0.15, 0.2) is 12.2 Å². The van der Waals surface area contributed by atoms with E-state index in [1.165, 1.54) is 30.6 Å². The second-order valence-corrected chi connectivity index (χ2v) is 9.35. The predicted molar refractivity (Wildman–Crippen MR) is 140 cm³/mol. The Morgan fingerprint density at radius 1 is 1.05 bits per heavy atom. The van der Waals surface area contributed by atoms with Crippen LogP contribution in [-0.2, 0) is 0 Å². The number of anilines is 1. The molecule has 7 nitrogen and oxygen atoms in total. The maximum Gasteiger partial charge on any atom is 0.573 e. The van der Waals surface area contributed by atoms with Crippen LogP contribution in [0.25, 0.3) is 0 Å². The van der Waals surface area contributed by atoms with E-state index in [1.54, 1.807) is 5.32 Å². The number of ether oxygens (including phenoxy) is 1. The van der Waals surface area contributed by atoms with Gasteiger partial charge in [-0.2, -0.15) is 4.99 Å². The Morgan fingerprint density at radius 2 is 1.68 bits per heavy atom. The van der Waals surface area contributed by atoms with Gasteiger partial charge in [-0.1, -0.05) is 42.0 Å². The molecule has 0 aromatic heterocycles. The van der Waals surface area contributed by atoms with Crippen molar-refractivity contribution in [1.82, 2.24) is 5.32 Å². The van der Waals surface area contributed by atoms with E-state index in [0.29, 0.717) is 11.3 Å². The third-order valence-corrected chi connectivity index (χ3v) is 6.22. The lowest BCUT2D eigenvalue weighted by Crippen LogP contribution is -2.76. The van der Waals surface area contributed by atoms with Gasteiger partial charge in [0.2, 0.25) is 0 Å². The van der Waals surface area contributed by atoms with Crippen molar-refractivity contribution < 1.29 is 28.0 Å². The second-order valence-electron chi connectivity index (χ2n) is 9.35.